The predicted octanol–water partition coefficient (Wildman–Crippen LogP) is 5.25. The van der Waals surface area contributed by atoms with Crippen molar-refractivity contribution < 1.29 is 4.79 Å². The molecule has 1 heterocycles. The lowest BCUT2D eigenvalue weighted by atomic mass is 9.92. The van der Waals surface area contributed by atoms with Crippen molar-refractivity contribution in [2.45, 2.75) is 39.5 Å². The first-order valence-electron chi connectivity index (χ1n) is 6.97. The van der Waals surface area contributed by atoms with Crippen LogP contribution in [0.4, 0.5) is 5.69 Å². The molecule has 0 aliphatic rings. The lowest BCUT2D eigenvalue weighted by Crippen LogP contribution is -2.15. The van der Waals surface area contributed by atoms with Gasteiger partial charge in [-0.15, -0.1) is 0 Å². The number of hydrogen-bond donors (Lipinski definition) is 1. The number of amides is 1. The molecule has 2 nitrogen and oxygen atoms in total. The molecule has 0 aliphatic carbocycles. The van der Waals surface area contributed by atoms with E-state index in [0.717, 1.165) is 11.3 Å². The number of carbonyl (C=O) groups excluding carboxylic acids is 1. The quantitative estimate of drug-likeness (QED) is 0.817. The highest BCUT2D eigenvalue weighted by Gasteiger charge is 2.16. The van der Waals surface area contributed by atoms with Gasteiger partial charge in [0.15, 0.2) is 0 Å². The molecule has 2 aromatic rings. The maximum atomic E-state index is 12.3. The second-order valence-electron chi connectivity index (χ2n) is 5.59. The normalized spacial score (nSPS) is 11.1. The Morgan fingerprint density at radius 1 is 1.05 bits per heavy atom. The summed E-state index contributed by atoms with van der Waals surface area (Å²) in [7, 11) is 0. The summed E-state index contributed by atoms with van der Waals surface area (Å²) in [6.07, 6.45) is 0. The van der Waals surface area contributed by atoms with Crippen LogP contribution >= 0.6 is 11.3 Å². The van der Waals surface area contributed by atoms with Gasteiger partial charge in [0.25, 0.3) is 5.91 Å². The molecular formula is C17H21NOS. The molecule has 1 aromatic carbocycles. The number of carbonyl (C=O) groups is 1. The van der Waals surface area contributed by atoms with Crippen LogP contribution in [0, 0.1) is 0 Å². The van der Waals surface area contributed by atoms with Gasteiger partial charge < -0.3 is 5.32 Å². The van der Waals surface area contributed by atoms with E-state index in [9.17, 15) is 4.79 Å². The van der Waals surface area contributed by atoms with Crippen molar-refractivity contribution in [1.82, 2.24) is 0 Å². The van der Waals surface area contributed by atoms with Crippen LogP contribution in [0.3, 0.4) is 0 Å². The molecule has 0 aliphatic heterocycles. The number of rotatable bonds is 4. The molecule has 1 aromatic heterocycles. The standard InChI is InChI=1S/C17H21NOS/c1-11(2)14-6-5-7-15(12(3)4)16(14)18-17(19)13-8-9-20-10-13/h5-12H,1-4H3,(H,18,19). The van der Waals surface area contributed by atoms with Gasteiger partial charge in [-0.05, 0) is 34.4 Å². The van der Waals surface area contributed by atoms with Gasteiger partial charge in [0.05, 0.1) is 5.56 Å². The number of thiophene rings is 1. The summed E-state index contributed by atoms with van der Waals surface area (Å²) >= 11 is 1.54. The molecule has 0 saturated carbocycles. The van der Waals surface area contributed by atoms with E-state index < -0.39 is 0 Å². The Hall–Kier alpha value is -1.61. The average Bonchev–Trinajstić information content (AvgIpc) is 2.92. The van der Waals surface area contributed by atoms with Crippen molar-refractivity contribution in [3.63, 3.8) is 0 Å². The Balaban J connectivity index is 2.40. The van der Waals surface area contributed by atoms with Crippen molar-refractivity contribution in [3.05, 3.63) is 51.7 Å². The van der Waals surface area contributed by atoms with Crippen molar-refractivity contribution in [2.24, 2.45) is 0 Å². The highest BCUT2D eigenvalue weighted by atomic mass is 32.1. The van der Waals surface area contributed by atoms with Crippen LogP contribution in [-0.2, 0) is 0 Å². The van der Waals surface area contributed by atoms with Gasteiger partial charge in [-0.3, -0.25) is 4.79 Å². The summed E-state index contributed by atoms with van der Waals surface area (Å²) in [6, 6.07) is 8.12. The number of hydrogen-bond acceptors (Lipinski definition) is 2. The fraction of sp³-hybridized carbons (Fsp3) is 0.353. The van der Waals surface area contributed by atoms with Crippen LogP contribution < -0.4 is 5.32 Å². The molecule has 0 bridgehead atoms. The molecule has 0 spiro atoms. The minimum atomic E-state index is -0.0266. The Kier molecular flexibility index (Phi) is 4.61. The maximum Gasteiger partial charge on any atom is 0.256 e. The van der Waals surface area contributed by atoms with Crippen molar-refractivity contribution in [3.8, 4) is 0 Å². The van der Waals surface area contributed by atoms with Crippen molar-refractivity contribution >= 4 is 22.9 Å². The third kappa shape index (κ3) is 3.10. The topological polar surface area (TPSA) is 29.1 Å². The van der Waals surface area contributed by atoms with Crippen LogP contribution in [0.5, 0.6) is 0 Å². The fourth-order valence-electron chi connectivity index (χ4n) is 2.27. The average molecular weight is 287 g/mol. The molecule has 0 radical (unpaired) electrons. The summed E-state index contributed by atoms with van der Waals surface area (Å²) in [5.41, 5.74) is 4.09. The van der Waals surface area contributed by atoms with Crippen LogP contribution in [0.2, 0.25) is 0 Å². The van der Waals surface area contributed by atoms with E-state index in [2.05, 4.69) is 51.2 Å². The van der Waals surface area contributed by atoms with Gasteiger partial charge >= 0.3 is 0 Å². The second-order valence-corrected chi connectivity index (χ2v) is 6.37. The molecule has 1 amide bonds. The first kappa shape index (κ1) is 14.8. The summed E-state index contributed by atoms with van der Waals surface area (Å²) in [5.74, 6) is 0.735. The highest BCUT2D eigenvalue weighted by molar-refractivity contribution is 7.08. The van der Waals surface area contributed by atoms with E-state index >= 15 is 0 Å². The third-order valence-electron chi connectivity index (χ3n) is 3.39. The summed E-state index contributed by atoms with van der Waals surface area (Å²) in [5, 5.41) is 6.91. The van der Waals surface area contributed by atoms with Crippen LogP contribution in [0.15, 0.2) is 35.0 Å². The fourth-order valence-corrected chi connectivity index (χ4v) is 2.91. The molecule has 106 valence electrons. The Labute approximate surface area is 124 Å². The third-order valence-corrected chi connectivity index (χ3v) is 4.08. The minimum absolute atomic E-state index is 0.0266. The lowest BCUT2D eigenvalue weighted by Gasteiger charge is -2.20. The lowest BCUT2D eigenvalue weighted by molar-refractivity contribution is 0.102. The molecule has 0 unspecified atom stereocenters. The van der Waals surface area contributed by atoms with Crippen LogP contribution in [-0.4, -0.2) is 5.91 Å². The van der Waals surface area contributed by atoms with E-state index in [1.165, 1.54) is 22.5 Å². The van der Waals surface area contributed by atoms with Gasteiger partial charge in [-0.25, -0.2) is 0 Å². The van der Waals surface area contributed by atoms with E-state index in [4.69, 9.17) is 0 Å². The smallest absolute Gasteiger partial charge is 0.256 e. The molecule has 0 fully saturated rings. The SMILES string of the molecule is CC(C)c1cccc(C(C)C)c1NC(=O)c1ccsc1. The van der Waals surface area contributed by atoms with E-state index in [1.54, 1.807) is 0 Å². The zero-order valence-electron chi connectivity index (χ0n) is 12.4. The highest BCUT2D eigenvalue weighted by Crippen LogP contribution is 2.32. The zero-order valence-corrected chi connectivity index (χ0v) is 13.3. The molecule has 20 heavy (non-hydrogen) atoms. The van der Waals surface area contributed by atoms with Crippen LogP contribution in [0.1, 0.15) is 61.0 Å². The molecule has 2 rings (SSSR count). The Bertz CT molecular complexity index is 559. The first-order chi connectivity index (χ1) is 9.50. The van der Waals surface area contributed by atoms with E-state index in [1.807, 2.05) is 16.8 Å². The molecule has 1 N–H and O–H groups in total. The zero-order chi connectivity index (χ0) is 14.7. The number of para-hydroxylation sites is 1. The summed E-state index contributed by atoms with van der Waals surface area (Å²) in [4.78, 5) is 12.3. The Morgan fingerprint density at radius 3 is 2.10 bits per heavy atom. The van der Waals surface area contributed by atoms with Gasteiger partial charge in [0.1, 0.15) is 0 Å². The van der Waals surface area contributed by atoms with Gasteiger partial charge in [-0.1, -0.05) is 45.9 Å². The Morgan fingerprint density at radius 2 is 1.65 bits per heavy atom. The molecule has 0 atom stereocenters. The van der Waals surface area contributed by atoms with Gasteiger partial charge in [-0.2, -0.15) is 11.3 Å². The number of anilines is 1. The van der Waals surface area contributed by atoms with Gasteiger partial charge in [0, 0.05) is 11.1 Å². The van der Waals surface area contributed by atoms with Crippen LogP contribution in [0.25, 0.3) is 0 Å². The summed E-state index contributed by atoms with van der Waals surface area (Å²) < 4.78 is 0. The van der Waals surface area contributed by atoms with Crippen molar-refractivity contribution in [2.75, 3.05) is 5.32 Å². The first-order valence-corrected chi connectivity index (χ1v) is 7.91. The monoisotopic (exact) mass is 287 g/mol. The van der Waals surface area contributed by atoms with E-state index in [-0.39, 0.29) is 5.91 Å². The second kappa shape index (κ2) is 6.23. The molecule has 0 saturated heterocycles. The predicted molar refractivity (Wildman–Crippen MR) is 86.9 cm³/mol. The van der Waals surface area contributed by atoms with Gasteiger partial charge in [0.2, 0.25) is 0 Å². The summed E-state index contributed by atoms with van der Waals surface area (Å²) in [6.45, 7) is 8.61. The number of benzene rings is 1. The molecule has 3 heteroatoms. The maximum absolute atomic E-state index is 12.3. The molecular weight excluding hydrogens is 266 g/mol. The van der Waals surface area contributed by atoms with Crippen molar-refractivity contribution in [1.29, 1.82) is 0 Å². The van der Waals surface area contributed by atoms with E-state index in [0.29, 0.717) is 11.8 Å². The largest absolute Gasteiger partial charge is 0.321 e. The number of nitrogens with one attached hydrogen (secondary N) is 1. The minimum Gasteiger partial charge on any atom is -0.321 e.